The Kier molecular flexibility index (Phi) is 6.20. The smallest absolute Gasteiger partial charge is 0.406 e. The first-order valence-corrected chi connectivity index (χ1v) is 8.17. The molecular formula is C19H19F3N2O3. The minimum atomic E-state index is -4.78. The zero-order valence-electron chi connectivity index (χ0n) is 15.1. The second-order valence-electron chi connectivity index (χ2n) is 6.18. The number of halogens is 3. The topological polar surface area (TPSA) is 68.3 Å². The molecule has 1 amide bonds. The summed E-state index contributed by atoms with van der Waals surface area (Å²) in [5, 5.41) is 2.77. The number of ketones is 1. The van der Waals surface area contributed by atoms with Crippen molar-refractivity contribution in [2.24, 2.45) is 0 Å². The van der Waals surface area contributed by atoms with E-state index in [9.17, 15) is 22.8 Å². The van der Waals surface area contributed by atoms with Crippen molar-refractivity contribution in [3.05, 3.63) is 58.9 Å². The van der Waals surface area contributed by atoms with E-state index in [1.165, 1.54) is 19.1 Å². The van der Waals surface area contributed by atoms with Gasteiger partial charge < -0.3 is 10.1 Å². The molecule has 27 heavy (non-hydrogen) atoms. The maximum Gasteiger partial charge on any atom is 0.573 e. The van der Waals surface area contributed by atoms with Gasteiger partial charge in [-0.3, -0.25) is 14.6 Å². The maximum atomic E-state index is 12.3. The summed E-state index contributed by atoms with van der Waals surface area (Å²) in [6, 6.07) is 7.83. The third-order valence-electron chi connectivity index (χ3n) is 3.66. The van der Waals surface area contributed by atoms with Crippen molar-refractivity contribution in [1.29, 1.82) is 0 Å². The van der Waals surface area contributed by atoms with Gasteiger partial charge in [-0.15, -0.1) is 13.2 Å². The van der Waals surface area contributed by atoms with Crippen LogP contribution in [0.1, 0.15) is 47.2 Å². The number of aryl methyl sites for hydroxylation is 1. The van der Waals surface area contributed by atoms with E-state index in [0.717, 1.165) is 23.4 Å². The zero-order chi connectivity index (χ0) is 20.2. The van der Waals surface area contributed by atoms with Crippen molar-refractivity contribution >= 4 is 11.7 Å². The number of nitrogens with zero attached hydrogens (tertiary/aromatic N) is 1. The number of rotatable bonds is 6. The Balaban J connectivity index is 2.09. The van der Waals surface area contributed by atoms with Crippen molar-refractivity contribution in [1.82, 2.24) is 10.3 Å². The average Bonchev–Trinajstić information content (AvgIpc) is 2.52. The van der Waals surface area contributed by atoms with E-state index in [2.05, 4.69) is 15.0 Å². The van der Waals surface area contributed by atoms with E-state index in [-0.39, 0.29) is 23.8 Å². The van der Waals surface area contributed by atoms with Crippen molar-refractivity contribution < 1.29 is 27.5 Å². The first-order chi connectivity index (χ1) is 12.5. The lowest BCUT2D eigenvalue weighted by Crippen LogP contribution is -2.27. The van der Waals surface area contributed by atoms with E-state index >= 15 is 0 Å². The van der Waals surface area contributed by atoms with Gasteiger partial charge in [-0.1, -0.05) is 0 Å². The average molecular weight is 380 g/mol. The van der Waals surface area contributed by atoms with Gasteiger partial charge in [-0.05, 0) is 62.7 Å². The molecule has 2 aromatic rings. The predicted octanol–water partition coefficient (Wildman–Crippen LogP) is 3.91. The molecule has 1 atom stereocenters. The van der Waals surface area contributed by atoms with Gasteiger partial charge in [0.1, 0.15) is 11.5 Å². The highest BCUT2D eigenvalue weighted by Crippen LogP contribution is 2.23. The maximum absolute atomic E-state index is 12.3. The number of carbonyl (C=O) groups excluding carboxylic acids is 2. The molecule has 0 radical (unpaired) electrons. The molecule has 0 spiro atoms. The Labute approximate surface area is 154 Å². The number of nitrogens with one attached hydrogen (secondary N) is 1. The molecule has 1 aromatic heterocycles. The molecule has 2 rings (SSSR count). The molecule has 1 aromatic carbocycles. The van der Waals surface area contributed by atoms with Gasteiger partial charge in [-0.25, -0.2) is 0 Å². The molecule has 0 saturated heterocycles. The summed E-state index contributed by atoms with van der Waals surface area (Å²) in [5.41, 5.74) is 2.32. The highest BCUT2D eigenvalue weighted by atomic mass is 19.4. The summed E-state index contributed by atoms with van der Waals surface area (Å²) in [4.78, 5) is 27.9. The summed E-state index contributed by atoms with van der Waals surface area (Å²) >= 11 is 0. The molecule has 0 aliphatic carbocycles. The van der Waals surface area contributed by atoms with Crippen LogP contribution in [-0.2, 0) is 11.2 Å². The molecule has 5 nitrogen and oxygen atoms in total. The lowest BCUT2D eigenvalue weighted by Gasteiger charge is -2.16. The van der Waals surface area contributed by atoms with E-state index < -0.39 is 18.0 Å². The van der Waals surface area contributed by atoms with Crippen LogP contribution in [0.25, 0.3) is 0 Å². The third kappa shape index (κ3) is 6.40. The first-order valence-electron chi connectivity index (χ1n) is 8.17. The van der Waals surface area contributed by atoms with Crippen LogP contribution in [0.5, 0.6) is 5.75 Å². The highest BCUT2D eigenvalue weighted by Gasteiger charge is 2.31. The normalized spacial score (nSPS) is 12.4. The lowest BCUT2D eigenvalue weighted by molar-refractivity contribution is -0.274. The number of alkyl halides is 3. The van der Waals surface area contributed by atoms with Crippen molar-refractivity contribution in [2.45, 2.75) is 39.6 Å². The SMILES string of the molecule is CC(=O)Cc1cc(C(C)NC(=O)c2ccc(OC(F)(F)F)cc2)cc(C)n1. The van der Waals surface area contributed by atoms with Gasteiger partial charge in [0.15, 0.2) is 0 Å². The standard InChI is InChI=1S/C19H19F3N2O3/c1-11-8-15(10-16(23-11)9-12(2)25)13(3)24-18(26)14-4-6-17(7-5-14)27-19(20,21)22/h4-8,10,13H,9H2,1-3H3,(H,24,26). The molecule has 0 aliphatic heterocycles. The number of ether oxygens (including phenoxy) is 1. The van der Waals surface area contributed by atoms with E-state index in [4.69, 9.17) is 0 Å². The minimum absolute atomic E-state index is 0.0168. The Morgan fingerprint density at radius 3 is 2.37 bits per heavy atom. The lowest BCUT2D eigenvalue weighted by atomic mass is 10.0. The fourth-order valence-corrected chi connectivity index (χ4v) is 2.53. The van der Waals surface area contributed by atoms with Crippen LogP contribution in [0, 0.1) is 6.92 Å². The molecule has 0 fully saturated rings. The molecule has 0 aliphatic rings. The Hall–Kier alpha value is -2.90. The minimum Gasteiger partial charge on any atom is -0.406 e. The van der Waals surface area contributed by atoms with Crippen LogP contribution in [0.2, 0.25) is 0 Å². The van der Waals surface area contributed by atoms with Gasteiger partial charge in [0.2, 0.25) is 0 Å². The predicted molar refractivity (Wildman–Crippen MR) is 92.4 cm³/mol. The zero-order valence-corrected chi connectivity index (χ0v) is 15.1. The molecule has 1 unspecified atom stereocenters. The number of aromatic nitrogens is 1. The van der Waals surface area contributed by atoms with Crippen molar-refractivity contribution in [3.8, 4) is 5.75 Å². The highest BCUT2D eigenvalue weighted by molar-refractivity contribution is 5.94. The molecule has 1 heterocycles. The molecule has 0 bridgehead atoms. The second kappa shape index (κ2) is 8.20. The molecular weight excluding hydrogens is 361 g/mol. The van der Waals surface area contributed by atoms with Gasteiger partial charge in [-0.2, -0.15) is 0 Å². The largest absolute Gasteiger partial charge is 0.573 e. The van der Waals surface area contributed by atoms with Crippen LogP contribution in [0.3, 0.4) is 0 Å². The number of hydrogen-bond acceptors (Lipinski definition) is 4. The number of pyridine rings is 1. The van der Waals surface area contributed by atoms with Crippen LogP contribution in [0.15, 0.2) is 36.4 Å². The monoisotopic (exact) mass is 380 g/mol. The van der Waals surface area contributed by atoms with Crippen molar-refractivity contribution in [2.75, 3.05) is 0 Å². The van der Waals surface area contributed by atoms with Gasteiger partial charge in [0.25, 0.3) is 5.91 Å². The number of amides is 1. The number of Topliss-reactive ketones (excluding diaryl/α,β-unsaturated/α-hetero) is 1. The molecule has 0 saturated carbocycles. The molecule has 8 heteroatoms. The van der Waals surface area contributed by atoms with E-state index in [0.29, 0.717) is 5.69 Å². The summed E-state index contributed by atoms with van der Waals surface area (Å²) < 4.78 is 40.3. The van der Waals surface area contributed by atoms with Crippen LogP contribution < -0.4 is 10.1 Å². The number of hydrogen-bond donors (Lipinski definition) is 1. The Morgan fingerprint density at radius 2 is 1.81 bits per heavy atom. The van der Waals surface area contributed by atoms with E-state index in [1.54, 1.807) is 26.0 Å². The Morgan fingerprint density at radius 1 is 1.19 bits per heavy atom. The van der Waals surface area contributed by atoms with Gasteiger partial charge in [0.05, 0.1) is 6.04 Å². The number of carbonyl (C=O) groups is 2. The van der Waals surface area contributed by atoms with Gasteiger partial charge >= 0.3 is 6.36 Å². The fourth-order valence-electron chi connectivity index (χ4n) is 2.53. The number of benzene rings is 1. The van der Waals surface area contributed by atoms with Gasteiger partial charge in [0, 0.05) is 23.4 Å². The van der Waals surface area contributed by atoms with Crippen LogP contribution >= 0.6 is 0 Å². The fraction of sp³-hybridized carbons (Fsp3) is 0.316. The summed E-state index contributed by atoms with van der Waals surface area (Å²) in [5.74, 6) is -0.855. The van der Waals surface area contributed by atoms with E-state index in [1.807, 2.05) is 0 Å². The van der Waals surface area contributed by atoms with Crippen LogP contribution in [-0.4, -0.2) is 23.0 Å². The second-order valence-corrected chi connectivity index (χ2v) is 6.18. The summed E-state index contributed by atoms with van der Waals surface area (Å²) in [7, 11) is 0. The summed E-state index contributed by atoms with van der Waals surface area (Å²) in [6.45, 7) is 5.04. The molecule has 1 N–H and O–H groups in total. The molecule has 144 valence electrons. The first kappa shape index (κ1) is 20.4. The third-order valence-corrected chi connectivity index (χ3v) is 3.66. The Bertz CT molecular complexity index is 833. The quantitative estimate of drug-likeness (QED) is 0.825. The van der Waals surface area contributed by atoms with Crippen molar-refractivity contribution in [3.63, 3.8) is 0 Å². The van der Waals surface area contributed by atoms with Crippen LogP contribution in [0.4, 0.5) is 13.2 Å². The summed E-state index contributed by atoms with van der Waals surface area (Å²) in [6.07, 6.45) is -4.58.